The summed E-state index contributed by atoms with van der Waals surface area (Å²) in [4.78, 5) is 20.9. The van der Waals surface area contributed by atoms with Crippen LogP contribution in [0.4, 0.5) is 0 Å². The van der Waals surface area contributed by atoms with Crippen LogP contribution in [0.1, 0.15) is 36.8 Å². The van der Waals surface area contributed by atoms with Gasteiger partial charge in [-0.1, -0.05) is 0 Å². The van der Waals surface area contributed by atoms with Crippen LogP contribution in [0.25, 0.3) is 0 Å². The zero-order chi connectivity index (χ0) is 20.6. The Labute approximate surface area is 173 Å². The fourth-order valence-corrected chi connectivity index (χ4v) is 4.16. The summed E-state index contributed by atoms with van der Waals surface area (Å²) in [5.41, 5.74) is 0. The molecule has 1 aromatic heterocycles. The van der Waals surface area contributed by atoms with Crippen molar-refractivity contribution >= 4 is 11.9 Å². The second-order valence-electron chi connectivity index (χ2n) is 7.85. The average molecular weight is 406 g/mol. The van der Waals surface area contributed by atoms with Gasteiger partial charge in [0.25, 0.3) is 0 Å². The van der Waals surface area contributed by atoms with E-state index < -0.39 is 0 Å². The first-order valence-corrected chi connectivity index (χ1v) is 10.6. The van der Waals surface area contributed by atoms with Gasteiger partial charge in [-0.2, -0.15) is 0 Å². The first kappa shape index (κ1) is 21.6. The van der Waals surface area contributed by atoms with Crippen LogP contribution in [0.5, 0.6) is 0 Å². The number of amides is 1. The van der Waals surface area contributed by atoms with Crippen molar-refractivity contribution in [3.05, 3.63) is 23.7 Å². The Hall–Kier alpha value is -2.06. The summed E-state index contributed by atoms with van der Waals surface area (Å²) in [5, 5.41) is 6.29. The minimum absolute atomic E-state index is 0.132. The number of ether oxygens (including phenoxy) is 1. The molecule has 2 aliphatic heterocycles. The summed E-state index contributed by atoms with van der Waals surface area (Å²) < 4.78 is 11.5. The van der Waals surface area contributed by atoms with E-state index in [9.17, 15) is 4.79 Å². The molecule has 1 amide bonds. The van der Waals surface area contributed by atoms with Gasteiger partial charge in [0.2, 0.25) is 5.91 Å². The third-order valence-electron chi connectivity index (χ3n) is 5.91. The molecule has 2 fully saturated rings. The molecule has 8 nitrogen and oxygen atoms in total. The van der Waals surface area contributed by atoms with Crippen molar-refractivity contribution < 1.29 is 13.9 Å². The maximum absolute atomic E-state index is 11.6. The maximum atomic E-state index is 11.6. The normalized spacial score (nSPS) is 20.5. The lowest BCUT2D eigenvalue weighted by Gasteiger charge is -2.36. The van der Waals surface area contributed by atoms with Crippen LogP contribution in [-0.2, 0) is 9.53 Å². The lowest BCUT2D eigenvalue weighted by atomic mass is 9.93. The summed E-state index contributed by atoms with van der Waals surface area (Å²) >= 11 is 0. The van der Waals surface area contributed by atoms with Crippen molar-refractivity contribution in [2.24, 2.45) is 10.9 Å². The number of aryl methyl sites for hydroxylation is 1. The van der Waals surface area contributed by atoms with Crippen LogP contribution in [0, 0.1) is 12.8 Å². The van der Waals surface area contributed by atoms with E-state index in [4.69, 9.17) is 9.15 Å². The molecule has 0 aliphatic carbocycles. The second-order valence-corrected chi connectivity index (χ2v) is 7.85. The molecule has 1 atom stereocenters. The Balaban J connectivity index is 1.57. The van der Waals surface area contributed by atoms with Gasteiger partial charge in [0.15, 0.2) is 5.96 Å². The summed E-state index contributed by atoms with van der Waals surface area (Å²) in [5.74, 6) is 3.42. The van der Waals surface area contributed by atoms with Gasteiger partial charge >= 0.3 is 0 Å². The van der Waals surface area contributed by atoms with Crippen molar-refractivity contribution in [1.29, 1.82) is 0 Å². The SMILES string of the molecule is CN=C(NCC(c1ccc(C)o1)N1CCOCC1)N1CCC(CC(=O)NC)CC1. The molecule has 2 aliphatic rings. The molecular weight excluding hydrogens is 370 g/mol. The van der Waals surface area contributed by atoms with E-state index in [-0.39, 0.29) is 11.9 Å². The number of nitrogens with one attached hydrogen (secondary N) is 2. The molecular formula is C21H35N5O3. The van der Waals surface area contributed by atoms with E-state index >= 15 is 0 Å². The summed E-state index contributed by atoms with van der Waals surface area (Å²) in [7, 11) is 3.54. The van der Waals surface area contributed by atoms with Crippen LogP contribution < -0.4 is 10.6 Å². The largest absolute Gasteiger partial charge is 0.465 e. The van der Waals surface area contributed by atoms with E-state index in [0.29, 0.717) is 12.3 Å². The lowest BCUT2D eigenvalue weighted by Crippen LogP contribution is -2.49. The minimum atomic E-state index is 0.132. The molecule has 8 heteroatoms. The van der Waals surface area contributed by atoms with Crippen molar-refractivity contribution in [2.75, 3.05) is 60.0 Å². The van der Waals surface area contributed by atoms with E-state index in [0.717, 1.165) is 76.3 Å². The van der Waals surface area contributed by atoms with E-state index in [1.807, 2.05) is 20.0 Å². The number of piperidine rings is 1. The van der Waals surface area contributed by atoms with Crippen LogP contribution in [-0.4, -0.2) is 81.7 Å². The third kappa shape index (κ3) is 5.96. The Morgan fingerprint density at radius 3 is 2.55 bits per heavy atom. The molecule has 0 radical (unpaired) electrons. The number of morpholine rings is 1. The number of hydrogen-bond donors (Lipinski definition) is 2. The number of likely N-dealkylation sites (tertiary alicyclic amines) is 1. The molecule has 2 N–H and O–H groups in total. The smallest absolute Gasteiger partial charge is 0.220 e. The van der Waals surface area contributed by atoms with Crippen molar-refractivity contribution in [2.45, 2.75) is 32.2 Å². The number of guanidine groups is 1. The highest BCUT2D eigenvalue weighted by atomic mass is 16.5. The first-order valence-electron chi connectivity index (χ1n) is 10.6. The predicted octanol–water partition coefficient (Wildman–Crippen LogP) is 1.38. The van der Waals surface area contributed by atoms with Gasteiger partial charge < -0.3 is 24.7 Å². The molecule has 0 spiro atoms. The van der Waals surface area contributed by atoms with Crippen molar-refractivity contribution in [3.63, 3.8) is 0 Å². The number of rotatable bonds is 6. The molecule has 29 heavy (non-hydrogen) atoms. The lowest BCUT2D eigenvalue weighted by molar-refractivity contribution is -0.121. The molecule has 0 aromatic carbocycles. The Morgan fingerprint density at radius 1 is 1.24 bits per heavy atom. The number of hydrogen-bond acceptors (Lipinski definition) is 5. The topological polar surface area (TPSA) is 82.3 Å². The third-order valence-corrected chi connectivity index (χ3v) is 5.91. The highest BCUT2D eigenvalue weighted by molar-refractivity contribution is 5.80. The molecule has 2 saturated heterocycles. The van der Waals surface area contributed by atoms with Gasteiger partial charge in [-0.15, -0.1) is 0 Å². The summed E-state index contributed by atoms with van der Waals surface area (Å²) in [6, 6.07) is 4.24. The van der Waals surface area contributed by atoms with E-state index in [1.165, 1.54) is 0 Å². The summed E-state index contributed by atoms with van der Waals surface area (Å²) in [6.07, 6.45) is 2.64. The Bertz CT molecular complexity index is 676. The van der Waals surface area contributed by atoms with Gasteiger partial charge in [-0.05, 0) is 37.8 Å². The number of carbonyl (C=O) groups is 1. The highest BCUT2D eigenvalue weighted by Crippen LogP contribution is 2.24. The van der Waals surface area contributed by atoms with Gasteiger partial charge in [0.05, 0.1) is 19.3 Å². The number of carbonyl (C=O) groups excluding carboxylic acids is 1. The molecule has 3 heterocycles. The van der Waals surface area contributed by atoms with Gasteiger partial charge in [-0.25, -0.2) is 0 Å². The molecule has 3 rings (SSSR count). The monoisotopic (exact) mass is 405 g/mol. The van der Waals surface area contributed by atoms with Crippen LogP contribution in [0.15, 0.2) is 21.5 Å². The van der Waals surface area contributed by atoms with Crippen LogP contribution >= 0.6 is 0 Å². The number of aliphatic imine (C=N–C) groups is 1. The van der Waals surface area contributed by atoms with Crippen LogP contribution in [0.2, 0.25) is 0 Å². The maximum Gasteiger partial charge on any atom is 0.220 e. The quantitative estimate of drug-likeness (QED) is 0.550. The highest BCUT2D eigenvalue weighted by Gasteiger charge is 2.27. The zero-order valence-electron chi connectivity index (χ0n) is 17.9. The minimum Gasteiger partial charge on any atom is -0.465 e. The average Bonchev–Trinajstić information content (AvgIpc) is 3.18. The summed E-state index contributed by atoms with van der Waals surface area (Å²) in [6.45, 7) is 7.86. The standard InChI is InChI=1S/C21H35N5O3/c1-16-4-5-19(29-16)18(25-10-12-28-13-11-25)15-24-21(23-3)26-8-6-17(7-9-26)14-20(27)22-2/h4-5,17-18H,6-15H2,1-3H3,(H,22,27)(H,23,24). The number of furan rings is 1. The molecule has 162 valence electrons. The van der Waals surface area contributed by atoms with Crippen molar-refractivity contribution in [1.82, 2.24) is 20.4 Å². The predicted molar refractivity (Wildman–Crippen MR) is 113 cm³/mol. The Morgan fingerprint density at radius 2 is 1.97 bits per heavy atom. The number of nitrogens with zero attached hydrogens (tertiary/aromatic N) is 3. The van der Waals surface area contributed by atoms with E-state index in [1.54, 1.807) is 7.05 Å². The van der Waals surface area contributed by atoms with Gasteiger partial charge in [0, 0.05) is 53.2 Å². The molecule has 1 aromatic rings. The fourth-order valence-electron chi connectivity index (χ4n) is 4.16. The van der Waals surface area contributed by atoms with Gasteiger partial charge in [0.1, 0.15) is 11.5 Å². The van der Waals surface area contributed by atoms with Crippen LogP contribution in [0.3, 0.4) is 0 Å². The van der Waals surface area contributed by atoms with Crippen molar-refractivity contribution in [3.8, 4) is 0 Å². The second kappa shape index (κ2) is 10.6. The van der Waals surface area contributed by atoms with E-state index in [2.05, 4.69) is 31.5 Å². The zero-order valence-corrected chi connectivity index (χ0v) is 17.9. The fraction of sp³-hybridized carbons (Fsp3) is 0.714. The molecule has 0 bridgehead atoms. The molecule has 1 unspecified atom stereocenters. The molecule has 0 saturated carbocycles. The Kier molecular flexibility index (Phi) is 7.94. The first-order chi connectivity index (χ1) is 14.1. The van der Waals surface area contributed by atoms with Gasteiger partial charge in [-0.3, -0.25) is 14.7 Å².